The Labute approximate surface area is 767 Å². The fourth-order valence-corrected chi connectivity index (χ4v) is 13.6. The van der Waals surface area contributed by atoms with Crippen molar-refractivity contribution in [3.05, 3.63) is 292 Å². The van der Waals surface area contributed by atoms with Gasteiger partial charge in [-0.25, -0.2) is 19.9 Å². The van der Waals surface area contributed by atoms with Gasteiger partial charge in [-0.3, -0.25) is 19.9 Å². The second kappa shape index (κ2) is 47.6. The van der Waals surface area contributed by atoms with Crippen molar-refractivity contribution in [1.29, 1.82) is 0 Å². The fourth-order valence-electron chi connectivity index (χ4n) is 13.6. The van der Waals surface area contributed by atoms with Crippen LogP contribution < -0.4 is 0 Å². The van der Waals surface area contributed by atoms with Crippen molar-refractivity contribution in [2.24, 2.45) is 0 Å². The van der Waals surface area contributed by atoms with E-state index >= 15 is 0 Å². The maximum absolute atomic E-state index is 8.56. The Balaban J connectivity index is 0.000000183. The van der Waals surface area contributed by atoms with Crippen molar-refractivity contribution in [2.45, 2.75) is 137 Å². The number of benzene rings is 11. The first-order chi connectivity index (χ1) is 57.5. The third-order valence-electron chi connectivity index (χ3n) is 18.6. The number of para-hydroxylation sites is 4. The molecule has 8 N–H and O–H groups in total. The summed E-state index contributed by atoms with van der Waals surface area (Å²) in [6, 6.07) is 93.4. The number of nitrogens with zero attached hydrogens (tertiary/aromatic N) is 8. The molecule has 0 aliphatic carbocycles. The smallest absolute Gasteiger partial charge is 0.138 e. The van der Waals surface area contributed by atoms with Crippen LogP contribution >= 0.6 is 0 Å². The minimum absolute atomic E-state index is 0. The number of aliphatic hydroxyl groups excluding tert-OH is 8. The summed E-state index contributed by atoms with van der Waals surface area (Å²) in [5, 5.41) is 77.1. The van der Waals surface area contributed by atoms with Crippen LogP contribution in [-0.4, -0.2) is 130 Å². The molecule has 0 aliphatic heterocycles. The van der Waals surface area contributed by atoms with E-state index in [-0.39, 0.29) is 129 Å². The van der Waals surface area contributed by atoms with Gasteiger partial charge in [0.05, 0.1) is 48.8 Å². The van der Waals surface area contributed by atoms with Gasteiger partial charge in [-0.1, -0.05) is 138 Å². The van der Waals surface area contributed by atoms with E-state index in [1.54, 1.807) is 74.4 Å². The van der Waals surface area contributed by atoms with Gasteiger partial charge in [-0.05, 0) is 142 Å². The second-order valence-electron chi connectivity index (χ2n) is 29.2. The SMILES string of the molecule is CC(O)CC(C)O.CC(O)CC(C)O.CC(O)CC(C)O.CC(O)CC(C)O.Cc1nc(-c2[c-]cccc2)c2oc3ccccc3c2n1.[Ir].[Ir].[Ir].[Ir].[c-]1cc2ccccc2cc1-c1ncnc2c1oc1ccccc12.[c-]1ccc(-c2ccccc2)cc1-c1ncnc2c1oc1ccccc12.[c-]1ccc2ccccc2c1-c1ncnc2c1oc1ccccc12. The quantitative estimate of drug-likeness (QED) is 0.0497. The van der Waals surface area contributed by atoms with Gasteiger partial charge in [-0.15, -0.1) is 130 Å². The third kappa shape index (κ3) is 26.2. The molecule has 642 valence electrons. The number of fused-ring (bicyclic) bond motifs is 14. The predicted octanol–water partition coefficient (Wildman–Crippen LogP) is 20.2. The van der Waals surface area contributed by atoms with Crippen LogP contribution in [0.1, 0.15) is 86.9 Å². The molecule has 123 heavy (non-hydrogen) atoms. The molecule has 20 nitrogen and oxygen atoms in total. The minimum Gasteiger partial charge on any atom is -0.462 e. The zero-order valence-electron chi connectivity index (χ0n) is 68.9. The molecule has 19 aromatic rings. The molecule has 8 atom stereocenters. The van der Waals surface area contributed by atoms with E-state index in [0.717, 1.165) is 155 Å². The normalized spacial score (nSPS) is 12.7. The van der Waals surface area contributed by atoms with Gasteiger partial charge < -0.3 is 58.5 Å². The maximum Gasteiger partial charge on any atom is 0.138 e. The summed E-state index contributed by atoms with van der Waals surface area (Å²) >= 11 is 0. The Morgan fingerprint density at radius 1 is 0.285 bits per heavy atom. The van der Waals surface area contributed by atoms with E-state index in [1.807, 2.05) is 189 Å². The van der Waals surface area contributed by atoms with Crippen molar-refractivity contribution < 1.29 is 139 Å². The summed E-state index contributed by atoms with van der Waals surface area (Å²) in [5.74, 6) is 0.733. The largest absolute Gasteiger partial charge is 0.462 e. The van der Waals surface area contributed by atoms with Crippen LogP contribution in [0.15, 0.2) is 279 Å². The van der Waals surface area contributed by atoms with Crippen LogP contribution in [0.4, 0.5) is 0 Å². The average Bonchev–Trinajstić information content (AvgIpc) is 1.59. The number of hydrogen-bond acceptors (Lipinski definition) is 20. The molecule has 0 fully saturated rings. The van der Waals surface area contributed by atoms with Crippen molar-refractivity contribution in [1.82, 2.24) is 39.9 Å². The molecule has 0 spiro atoms. The van der Waals surface area contributed by atoms with Crippen LogP contribution in [0.2, 0.25) is 0 Å². The van der Waals surface area contributed by atoms with E-state index in [0.29, 0.717) is 42.4 Å². The summed E-state index contributed by atoms with van der Waals surface area (Å²) in [4.78, 5) is 35.7. The van der Waals surface area contributed by atoms with Crippen LogP contribution in [-0.2, 0) is 80.4 Å². The molecule has 8 aromatic heterocycles. The Kier molecular flexibility index (Phi) is 38.0. The molecular formula is C99H94Ir4N8O12-4. The summed E-state index contributed by atoms with van der Waals surface area (Å²) in [7, 11) is 0. The molecule has 8 unspecified atom stereocenters. The molecular weight excluding hydrogens is 2260 g/mol. The monoisotopic (exact) mass is 2360 g/mol. The molecule has 0 saturated heterocycles. The molecule has 19 rings (SSSR count). The Hall–Kier alpha value is -10.3. The molecule has 4 radical (unpaired) electrons. The molecule has 0 aliphatic rings. The predicted molar refractivity (Wildman–Crippen MR) is 471 cm³/mol. The Morgan fingerprint density at radius 2 is 0.642 bits per heavy atom. The van der Waals surface area contributed by atoms with Gasteiger partial charge in [-0.2, -0.15) is 0 Å². The summed E-state index contributed by atoms with van der Waals surface area (Å²) in [6.45, 7) is 15.2. The van der Waals surface area contributed by atoms with Gasteiger partial charge in [0, 0.05) is 125 Å². The van der Waals surface area contributed by atoms with Crippen LogP contribution in [0.25, 0.3) is 166 Å². The van der Waals surface area contributed by atoms with Gasteiger partial charge >= 0.3 is 0 Å². The van der Waals surface area contributed by atoms with E-state index < -0.39 is 0 Å². The number of aliphatic hydroxyl groups is 8. The zero-order chi connectivity index (χ0) is 84.1. The first-order valence-corrected chi connectivity index (χ1v) is 39.4. The molecule has 11 aromatic carbocycles. The molecule has 24 heteroatoms. The van der Waals surface area contributed by atoms with Gasteiger partial charge in [0.2, 0.25) is 0 Å². The molecule has 8 heterocycles. The van der Waals surface area contributed by atoms with Crippen LogP contribution in [0, 0.1) is 31.2 Å². The van der Waals surface area contributed by atoms with Crippen molar-refractivity contribution in [3.63, 3.8) is 0 Å². The number of furan rings is 4. The van der Waals surface area contributed by atoms with Crippen LogP contribution in [0.5, 0.6) is 0 Å². The average molecular weight is 2360 g/mol. The first kappa shape index (κ1) is 98.2. The van der Waals surface area contributed by atoms with Crippen molar-refractivity contribution >= 4 is 110 Å². The molecule has 0 amide bonds. The molecule has 0 bridgehead atoms. The van der Waals surface area contributed by atoms with Gasteiger partial charge in [0.1, 0.15) is 91.5 Å². The maximum atomic E-state index is 8.56. The summed E-state index contributed by atoms with van der Waals surface area (Å²) < 4.78 is 24.0. The van der Waals surface area contributed by atoms with Crippen molar-refractivity contribution in [2.75, 3.05) is 0 Å². The minimum atomic E-state index is -0.375. The van der Waals surface area contributed by atoms with Crippen molar-refractivity contribution in [3.8, 4) is 56.2 Å². The number of rotatable bonds is 13. The summed E-state index contributed by atoms with van der Waals surface area (Å²) in [5.41, 5.74) is 18.6. The number of hydrogen-bond donors (Lipinski definition) is 8. The first-order valence-electron chi connectivity index (χ1n) is 39.4. The fraction of sp³-hybridized carbons (Fsp3) is 0.212. The summed E-state index contributed by atoms with van der Waals surface area (Å²) in [6.07, 6.45) is 3.65. The van der Waals surface area contributed by atoms with E-state index in [4.69, 9.17) is 58.5 Å². The van der Waals surface area contributed by atoms with Gasteiger partial charge in [0.15, 0.2) is 0 Å². The topological polar surface area (TPSA) is 318 Å². The zero-order valence-corrected chi connectivity index (χ0v) is 78.5. The standard InChI is InChI=1S/C22H13N2O.2C20H11N2O.C17H11N2O.4C5H12O2.4Ir/c1-2-7-15(8-3-1)16-9-6-10-17(13-16)20-22-21(24-14-23-20)18-11-4-5-12-19(18)25-22;1-2-8-14-13(6-1)7-5-10-15(14)18-20-19(22-12-21-18)16-9-3-4-11-17(16)23-20;1-2-6-14-11-15(10-9-13(14)5-1)18-20-19(22-12-21-18)16-7-3-4-8-17(16)23-20;1-11-18-15(12-7-3-2-4-8-12)17-16(19-11)13-9-5-6-10-14(13)20-17;4*1-4(6)3-5(2)7;;;;/h1-9,11-14H;2*1-9,11-12H;2-7,9-10H,1H3;4*4-7H,3H2,1-2H3;;;;/q4*-1;;;;;;;;. The second-order valence-corrected chi connectivity index (χ2v) is 29.2. The van der Waals surface area contributed by atoms with E-state index in [2.05, 4.69) is 125 Å². The Morgan fingerprint density at radius 3 is 1.08 bits per heavy atom. The number of aromatic nitrogens is 8. The van der Waals surface area contributed by atoms with E-state index in [9.17, 15) is 0 Å². The van der Waals surface area contributed by atoms with Crippen LogP contribution in [0.3, 0.4) is 0 Å². The van der Waals surface area contributed by atoms with Gasteiger partial charge in [0.25, 0.3) is 0 Å². The molecule has 0 saturated carbocycles. The number of aryl methyl sites for hydroxylation is 1. The third-order valence-corrected chi connectivity index (χ3v) is 18.6. The Bertz CT molecular complexity index is 6410. The van der Waals surface area contributed by atoms with E-state index in [1.165, 1.54) is 0 Å².